The molecule has 0 aliphatic carbocycles. The van der Waals surface area contributed by atoms with Crippen molar-refractivity contribution in [1.29, 1.82) is 0 Å². The Hall–Kier alpha value is -1.69. The van der Waals surface area contributed by atoms with E-state index in [-0.39, 0.29) is 11.8 Å². The van der Waals surface area contributed by atoms with E-state index < -0.39 is 0 Å². The van der Waals surface area contributed by atoms with Crippen molar-refractivity contribution in [3.8, 4) is 6.01 Å². The number of ether oxygens (including phenoxy) is 1. The number of aromatic nitrogens is 2. The van der Waals surface area contributed by atoms with Crippen LogP contribution in [-0.4, -0.2) is 9.36 Å². The van der Waals surface area contributed by atoms with Gasteiger partial charge in [0.25, 0.3) is 0 Å². The average Bonchev–Trinajstić information content (AvgIpc) is 2.64. The maximum atomic E-state index is 12.6. The van der Waals surface area contributed by atoms with Gasteiger partial charge in [0.05, 0.1) is 0 Å². The highest BCUT2D eigenvalue weighted by Crippen LogP contribution is 2.13. The van der Waals surface area contributed by atoms with E-state index in [2.05, 4.69) is 9.36 Å². The fraction of sp³-hybridized carbons (Fsp3) is 0.111. The van der Waals surface area contributed by atoms with E-state index in [1.54, 1.807) is 12.1 Å². The van der Waals surface area contributed by atoms with Gasteiger partial charge < -0.3 is 10.5 Å². The minimum atomic E-state index is -0.269. The molecule has 0 unspecified atom stereocenters. The summed E-state index contributed by atoms with van der Waals surface area (Å²) in [6, 6.07) is 6.29. The zero-order valence-electron chi connectivity index (χ0n) is 7.68. The molecule has 78 valence electrons. The predicted molar refractivity (Wildman–Crippen MR) is 55.1 cm³/mol. The van der Waals surface area contributed by atoms with Gasteiger partial charge in [0, 0.05) is 11.5 Å². The topological polar surface area (TPSA) is 61.0 Å². The van der Waals surface area contributed by atoms with Gasteiger partial charge in [0.1, 0.15) is 12.4 Å². The number of anilines is 1. The average molecular weight is 225 g/mol. The lowest BCUT2D eigenvalue weighted by Crippen LogP contribution is -1.96. The molecule has 2 N–H and O–H groups in total. The number of hydrogen-bond donors (Lipinski definition) is 1. The molecule has 0 radical (unpaired) electrons. The SMILES string of the molecule is Nc1nc(OCc2ccc(F)cc2)ns1. The van der Waals surface area contributed by atoms with Gasteiger partial charge in [-0.15, -0.1) is 4.37 Å². The van der Waals surface area contributed by atoms with Crippen LogP contribution in [0.5, 0.6) is 6.01 Å². The molecule has 0 bridgehead atoms. The molecule has 2 aromatic rings. The van der Waals surface area contributed by atoms with Gasteiger partial charge in [-0.05, 0) is 17.7 Å². The molecule has 0 aliphatic heterocycles. The van der Waals surface area contributed by atoms with Crippen LogP contribution >= 0.6 is 11.5 Å². The summed E-state index contributed by atoms with van der Waals surface area (Å²) in [6.07, 6.45) is 0. The quantitative estimate of drug-likeness (QED) is 0.865. The number of halogens is 1. The summed E-state index contributed by atoms with van der Waals surface area (Å²) in [5.41, 5.74) is 6.23. The summed E-state index contributed by atoms with van der Waals surface area (Å²) in [5.74, 6) is -0.269. The highest BCUT2D eigenvalue weighted by Gasteiger charge is 2.02. The molecule has 0 amide bonds. The lowest BCUT2D eigenvalue weighted by Gasteiger charge is -2.00. The van der Waals surface area contributed by atoms with Crippen molar-refractivity contribution in [3.05, 3.63) is 35.6 Å². The Bertz CT molecular complexity index is 443. The molecule has 1 heterocycles. The molecule has 15 heavy (non-hydrogen) atoms. The maximum absolute atomic E-state index is 12.6. The van der Waals surface area contributed by atoms with Crippen LogP contribution in [0.2, 0.25) is 0 Å². The van der Waals surface area contributed by atoms with Crippen LogP contribution in [0.15, 0.2) is 24.3 Å². The van der Waals surface area contributed by atoms with Crippen molar-refractivity contribution in [3.63, 3.8) is 0 Å². The van der Waals surface area contributed by atoms with Crippen LogP contribution in [0.1, 0.15) is 5.56 Å². The predicted octanol–water partition coefficient (Wildman–Crippen LogP) is 1.84. The van der Waals surface area contributed by atoms with Gasteiger partial charge in [-0.1, -0.05) is 12.1 Å². The second-order valence-corrected chi connectivity index (χ2v) is 3.61. The van der Waals surface area contributed by atoms with Gasteiger partial charge in [-0.3, -0.25) is 0 Å². The maximum Gasteiger partial charge on any atom is 0.330 e. The van der Waals surface area contributed by atoms with Gasteiger partial charge in [0.2, 0.25) is 5.13 Å². The largest absolute Gasteiger partial charge is 0.458 e. The number of nitrogens with two attached hydrogens (primary N) is 1. The minimum absolute atomic E-state index is 0.252. The van der Waals surface area contributed by atoms with Crippen molar-refractivity contribution in [2.45, 2.75) is 6.61 Å². The summed E-state index contributed by atoms with van der Waals surface area (Å²) < 4.78 is 21.7. The molecule has 0 fully saturated rings. The highest BCUT2D eigenvalue weighted by atomic mass is 32.1. The van der Waals surface area contributed by atoms with E-state index in [4.69, 9.17) is 10.5 Å². The molecule has 0 aliphatic rings. The first-order valence-electron chi connectivity index (χ1n) is 4.20. The first-order chi connectivity index (χ1) is 7.24. The molecule has 1 aromatic carbocycles. The molecule has 2 rings (SSSR count). The highest BCUT2D eigenvalue weighted by molar-refractivity contribution is 7.09. The summed E-state index contributed by atoms with van der Waals surface area (Å²) in [5, 5.41) is 0.365. The van der Waals surface area contributed by atoms with Crippen molar-refractivity contribution in [1.82, 2.24) is 9.36 Å². The van der Waals surface area contributed by atoms with E-state index in [0.717, 1.165) is 17.1 Å². The van der Waals surface area contributed by atoms with E-state index >= 15 is 0 Å². The summed E-state index contributed by atoms with van der Waals surface area (Å²) in [7, 11) is 0. The minimum Gasteiger partial charge on any atom is -0.458 e. The van der Waals surface area contributed by atoms with Crippen LogP contribution in [0.25, 0.3) is 0 Å². The number of rotatable bonds is 3. The molecule has 0 atom stereocenters. The summed E-state index contributed by atoms with van der Waals surface area (Å²) >= 11 is 1.07. The van der Waals surface area contributed by atoms with E-state index in [1.165, 1.54) is 12.1 Å². The zero-order chi connectivity index (χ0) is 10.7. The number of nitrogen functional groups attached to an aromatic ring is 1. The summed E-state index contributed by atoms with van der Waals surface area (Å²) in [6.45, 7) is 0.302. The van der Waals surface area contributed by atoms with E-state index in [0.29, 0.717) is 11.7 Å². The number of hydrogen-bond acceptors (Lipinski definition) is 5. The number of benzene rings is 1. The molecular formula is C9H8FN3OS. The third-order valence-corrected chi connectivity index (χ3v) is 2.23. The van der Waals surface area contributed by atoms with Crippen LogP contribution in [-0.2, 0) is 6.61 Å². The molecule has 1 aromatic heterocycles. The lowest BCUT2D eigenvalue weighted by molar-refractivity contribution is 0.285. The monoisotopic (exact) mass is 225 g/mol. The molecule has 0 saturated carbocycles. The van der Waals surface area contributed by atoms with E-state index in [1.807, 2.05) is 0 Å². The molecule has 0 saturated heterocycles. The Morgan fingerprint density at radius 3 is 2.67 bits per heavy atom. The standard InChI is InChI=1S/C9H8FN3OS/c10-7-3-1-6(2-4-7)5-14-9-12-8(11)15-13-9/h1-4H,5H2,(H2,11,12,13). The Morgan fingerprint density at radius 1 is 1.33 bits per heavy atom. The molecule has 0 spiro atoms. The number of nitrogens with zero attached hydrogens (tertiary/aromatic N) is 2. The van der Waals surface area contributed by atoms with E-state index in [9.17, 15) is 4.39 Å². The van der Waals surface area contributed by atoms with Crippen molar-refractivity contribution >= 4 is 16.7 Å². The molecule has 4 nitrogen and oxygen atoms in total. The molecular weight excluding hydrogens is 217 g/mol. The van der Waals surface area contributed by atoms with Crippen LogP contribution in [0, 0.1) is 5.82 Å². The van der Waals surface area contributed by atoms with Gasteiger partial charge in [0.15, 0.2) is 0 Å². The fourth-order valence-corrected chi connectivity index (χ4v) is 1.39. The van der Waals surface area contributed by atoms with Crippen molar-refractivity contribution in [2.24, 2.45) is 0 Å². The Labute approximate surface area is 89.7 Å². The third kappa shape index (κ3) is 2.63. The van der Waals surface area contributed by atoms with Crippen LogP contribution in [0.3, 0.4) is 0 Å². The third-order valence-electron chi connectivity index (χ3n) is 1.70. The van der Waals surface area contributed by atoms with Crippen LogP contribution in [0.4, 0.5) is 9.52 Å². The Balaban J connectivity index is 1.96. The second kappa shape index (κ2) is 4.22. The fourth-order valence-electron chi connectivity index (χ4n) is 1.01. The van der Waals surface area contributed by atoms with Gasteiger partial charge in [-0.2, -0.15) is 4.98 Å². The van der Waals surface area contributed by atoms with Crippen molar-refractivity contribution < 1.29 is 9.13 Å². The summed E-state index contributed by atoms with van der Waals surface area (Å²) in [4.78, 5) is 3.83. The second-order valence-electron chi connectivity index (χ2n) is 2.83. The van der Waals surface area contributed by atoms with Gasteiger partial charge >= 0.3 is 6.01 Å². The molecule has 6 heteroatoms. The normalized spacial score (nSPS) is 10.2. The van der Waals surface area contributed by atoms with Crippen LogP contribution < -0.4 is 10.5 Å². The first kappa shape index (κ1) is 9.85. The van der Waals surface area contributed by atoms with Crippen molar-refractivity contribution in [2.75, 3.05) is 5.73 Å². The lowest BCUT2D eigenvalue weighted by atomic mass is 10.2. The smallest absolute Gasteiger partial charge is 0.330 e. The Morgan fingerprint density at radius 2 is 2.07 bits per heavy atom. The first-order valence-corrected chi connectivity index (χ1v) is 4.98. The Kier molecular flexibility index (Phi) is 2.77. The zero-order valence-corrected chi connectivity index (χ0v) is 8.50. The van der Waals surface area contributed by atoms with Gasteiger partial charge in [-0.25, -0.2) is 4.39 Å².